The van der Waals surface area contributed by atoms with E-state index >= 15 is 0 Å². The standard InChI is InChI=1S/C18H33N3S/c22-18(19-16-8-2-1-3-9-16)20-17-10-12-21(13-11-17)14-15-6-4-5-7-15/h15-17H,1-14H2,(H2,19,20,22). The number of rotatable bonds is 4. The summed E-state index contributed by atoms with van der Waals surface area (Å²) in [7, 11) is 0. The van der Waals surface area contributed by atoms with E-state index in [4.69, 9.17) is 12.2 Å². The second-order valence-corrected chi connectivity index (χ2v) is 8.09. The van der Waals surface area contributed by atoms with E-state index in [1.165, 1.54) is 90.3 Å². The Balaban J connectivity index is 1.31. The molecule has 3 nitrogen and oxygen atoms in total. The molecule has 126 valence electrons. The molecule has 3 rings (SSSR count). The highest BCUT2D eigenvalue weighted by Crippen LogP contribution is 2.26. The lowest BCUT2D eigenvalue weighted by molar-refractivity contribution is 0.179. The number of likely N-dealkylation sites (tertiary alicyclic amines) is 1. The van der Waals surface area contributed by atoms with Gasteiger partial charge in [-0.2, -0.15) is 0 Å². The Kier molecular flexibility index (Phi) is 6.37. The third kappa shape index (κ3) is 5.09. The highest BCUT2D eigenvalue weighted by atomic mass is 32.1. The van der Waals surface area contributed by atoms with Crippen LogP contribution in [-0.2, 0) is 0 Å². The zero-order valence-corrected chi connectivity index (χ0v) is 14.8. The lowest BCUT2D eigenvalue weighted by atomic mass is 9.96. The van der Waals surface area contributed by atoms with Crippen LogP contribution in [0.4, 0.5) is 0 Å². The van der Waals surface area contributed by atoms with E-state index < -0.39 is 0 Å². The monoisotopic (exact) mass is 323 g/mol. The van der Waals surface area contributed by atoms with Crippen molar-refractivity contribution in [3.05, 3.63) is 0 Å². The van der Waals surface area contributed by atoms with Crippen molar-refractivity contribution >= 4 is 17.3 Å². The lowest BCUT2D eigenvalue weighted by Crippen LogP contribution is -2.50. The van der Waals surface area contributed by atoms with E-state index in [2.05, 4.69) is 15.5 Å². The van der Waals surface area contributed by atoms with E-state index in [1.807, 2.05) is 0 Å². The van der Waals surface area contributed by atoms with Crippen molar-refractivity contribution in [2.75, 3.05) is 19.6 Å². The third-order valence-electron chi connectivity index (χ3n) is 5.85. The van der Waals surface area contributed by atoms with Gasteiger partial charge in [-0.15, -0.1) is 0 Å². The lowest BCUT2D eigenvalue weighted by Gasteiger charge is -2.35. The molecule has 3 fully saturated rings. The second kappa shape index (κ2) is 8.49. The van der Waals surface area contributed by atoms with Crippen molar-refractivity contribution in [1.82, 2.24) is 15.5 Å². The molecule has 0 atom stereocenters. The average molecular weight is 324 g/mol. The Morgan fingerprint density at radius 1 is 0.773 bits per heavy atom. The van der Waals surface area contributed by atoms with Crippen molar-refractivity contribution in [3.63, 3.8) is 0 Å². The normalized spacial score (nSPS) is 26.2. The second-order valence-electron chi connectivity index (χ2n) is 7.68. The molecule has 2 N–H and O–H groups in total. The van der Waals surface area contributed by atoms with Gasteiger partial charge in [0, 0.05) is 31.7 Å². The van der Waals surface area contributed by atoms with Gasteiger partial charge in [-0.05, 0) is 56.7 Å². The van der Waals surface area contributed by atoms with Gasteiger partial charge in [0.05, 0.1) is 0 Å². The van der Waals surface area contributed by atoms with Crippen LogP contribution in [0.5, 0.6) is 0 Å². The Morgan fingerprint density at radius 3 is 1.95 bits per heavy atom. The van der Waals surface area contributed by atoms with Gasteiger partial charge in [0.25, 0.3) is 0 Å². The summed E-state index contributed by atoms with van der Waals surface area (Å²) in [4.78, 5) is 2.69. The first-order chi connectivity index (χ1) is 10.8. The molecule has 0 spiro atoms. The molecule has 0 aromatic rings. The van der Waals surface area contributed by atoms with Crippen LogP contribution in [0.3, 0.4) is 0 Å². The maximum atomic E-state index is 5.53. The molecule has 1 aliphatic heterocycles. The predicted molar refractivity (Wildman–Crippen MR) is 97.2 cm³/mol. The van der Waals surface area contributed by atoms with Gasteiger partial charge in [-0.1, -0.05) is 32.1 Å². The Bertz CT molecular complexity index is 340. The number of nitrogens with zero attached hydrogens (tertiary/aromatic N) is 1. The fourth-order valence-electron chi connectivity index (χ4n) is 4.48. The molecule has 4 heteroatoms. The quantitative estimate of drug-likeness (QED) is 0.775. The van der Waals surface area contributed by atoms with Crippen LogP contribution in [0.1, 0.15) is 70.6 Å². The maximum Gasteiger partial charge on any atom is 0.166 e. The summed E-state index contributed by atoms with van der Waals surface area (Å²) in [5, 5.41) is 8.02. The highest BCUT2D eigenvalue weighted by molar-refractivity contribution is 7.80. The number of hydrogen-bond acceptors (Lipinski definition) is 2. The summed E-state index contributed by atoms with van der Waals surface area (Å²) < 4.78 is 0. The number of hydrogen-bond donors (Lipinski definition) is 2. The topological polar surface area (TPSA) is 27.3 Å². The van der Waals surface area contributed by atoms with Gasteiger partial charge >= 0.3 is 0 Å². The van der Waals surface area contributed by atoms with Crippen molar-refractivity contribution in [2.24, 2.45) is 5.92 Å². The molecule has 0 unspecified atom stereocenters. The summed E-state index contributed by atoms with van der Waals surface area (Å²) in [6.45, 7) is 3.85. The zero-order chi connectivity index (χ0) is 15.2. The number of nitrogens with one attached hydrogen (secondary N) is 2. The van der Waals surface area contributed by atoms with Crippen LogP contribution in [0.2, 0.25) is 0 Å². The molecular weight excluding hydrogens is 290 g/mol. The molecule has 0 aromatic heterocycles. The van der Waals surface area contributed by atoms with Crippen molar-refractivity contribution in [2.45, 2.75) is 82.7 Å². The molecule has 1 heterocycles. The van der Waals surface area contributed by atoms with E-state index in [0.717, 1.165) is 11.0 Å². The SMILES string of the molecule is S=C(NC1CCCCC1)NC1CCN(CC2CCCC2)CC1. The average Bonchev–Trinajstić information content (AvgIpc) is 3.03. The van der Waals surface area contributed by atoms with Gasteiger partial charge in [-0.3, -0.25) is 0 Å². The zero-order valence-electron chi connectivity index (χ0n) is 14.0. The van der Waals surface area contributed by atoms with Crippen molar-refractivity contribution in [1.29, 1.82) is 0 Å². The van der Waals surface area contributed by atoms with E-state index in [0.29, 0.717) is 12.1 Å². The van der Waals surface area contributed by atoms with Gasteiger partial charge in [-0.25, -0.2) is 0 Å². The molecule has 3 aliphatic rings. The van der Waals surface area contributed by atoms with Crippen LogP contribution in [0, 0.1) is 5.92 Å². The van der Waals surface area contributed by atoms with Crippen LogP contribution in [-0.4, -0.2) is 41.7 Å². The molecule has 0 aromatic carbocycles. The summed E-state index contributed by atoms with van der Waals surface area (Å²) in [6.07, 6.45) is 15.1. The van der Waals surface area contributed by atoms with Gasteiger partial charge in [0.1, 0.15) is 0 Å². The minimum absolute atomic E-state index is 0.586. The van der Waals surface area contributed by atoms with Crippen LogP contribution < -0.4 is 10.6 Å². The van der Waals surface area contributed by atoms with Crippen molar-refractivity contribution < 1.29 is 0 Å². The Morgan fingerprint density at radius 2 is 1.32 bits per heavy atom. The smallest absolute Gasteiger partial charge is 0.166 e. The fourth-order valence-corrected chi connectivity index (χ4v) is 4.81. The van der Waals surface area contributed by atoms with E-state index in [-0.39, 0.29) is 0 Å². The summed E-state index contributed by atoms with van der Waals surface area (Å²) >= 11 is 5.53. The first kappa shape index (κ1) is 16.5. The largest absolute Gasteiger partial charge is 0.360 e. The number of piperidine rings is 1. The highest BCUT2D eigenvalue weighted by Gasteiger charge is 2.24. The minimum Gasteiger partial charge on any atom is -0.360 e. The molecule has 2 saturated carbocycles. The van der Waals surface area contributed by atoms with E-state index in [1.54, 1.807) is 0 Å². The minimum atomic E-state index is 0.586. The van der Waals surface area contributed by atoms with Crippen LogP contribution in [0.25, 0.3) is 0 Å². The number of thiocarbonyl (C=S) groups is 1. The van der Waals surface area contributed by atoms with Crippen LogP contribution in [0.15, 0.2) is 0 Å². The van der Waals surface area contributed by atoms with Crippen molar-refractivity contribution in [3.8, 4) is 0 Å². The van der Waals surface area contributed by atoms with Crippen LogP contribution >= 0.6 is 12.2 Å². The molecule has 2 aliphatic carbocycles. The molecule has 22 heavy (non-hydrogen) atoms. The molecule has 0 amide bonds. The molecule has 0 radical (unpaired) electrons. The van der Waals surface area contributed by atoms with Gasteiger partial charge in [0.15, 0.2) is 5.11 Å². The molecule has 1 saturated heterocycles. The Labute approximate surface area is 141 Å². The third-order valence-corrected chi connectivity index (χ3v) is 6.09. The Hall–Kier alpha value is -0.350. The first-order valence-electron chi connectivity index (χ1n) is 9.59. The van der Waals surface area contributed by atoms with Gasteiger partial charge < -0.3 is 15.5 Å². The molecular formula is C18H33N3S. The van der Waals surface area contributed by atoms with Gasteiger partial charge in [0.2, 0.25) is 0 Å². The summed E-state index contributed by atoms with van der Waals surface area (Å²) in [5.41, 5.74) is 0. The summed E-state index contributed by atoms with van der Waals surface area (Å²) in [5.74, 6) is 0.985. The first-order valence-corrected chi connectivity index (χ1v) is 10.00. The molecule has 0 bridgehead atoms. The summed E-state index contributed by atoms with van der Waals surface area (Å²) in [6, 6.07) is 1.21. The fraction of sp³-hybridized carbons (Fsp3) is 0.944. The maximum absolute atomic E-state index is 5.53. The predicted octanol–water partition coefficient (Wildman–Crippen LogP) is 3.44. The van der Waals surface area contributed by atoms with E-state index in [9.17, 15) is 0 Å².